The number of carbonyl (C=O) groups is 1. The molecule has 1 N–H and O–H groups in total. The molecule has 0 spiro atoms. The van der Waals surface area contributed by atoms with Crippen molar-refractivity contribution in [3.8, 4) is 0 Å². The summed E-state index contributed by atoms with van der Waals surface area (Å²) in [6, 6.07) is 5.51. The van der Waals surface area contributed by atoms with Crippen molar-refractivity contribution in [3.05, 3.63) is 32.4 Å². The van der Waals surface area contributed by atoms with Gasteiger partial charge in [-0.05, 0) is 60.6 Å². The number of hydrogen-bond donors (Lipinski definition) is 1. The number of alkyl halides is 1. The van der Waals surface area contributed by atoms with Crippen molar-refractivity contribution in [1.29, 1.82) is 0 Å². The van der Waals surface area contributed by atoms with Gasteiger partial charge >= 0.3 is 0 Å². The molecule has 0 aromatic heterocycles. The van der Waals surface area contributed by atoms with Gasteiger partial charge in [0.2, 0.25) is 0 Å². The fraction of sp³-hybridized carbons (Fsp3) is 0.417. The Balaban J connectivity index is 2.66. The van der Waals surface area contributed by atoms with E-state index in [-0.39, 0.29) is 11.9 Å². The maximum atomic E-state index is 12.0. The largest absolute Gasteiger partial charge is 0.350 e. The van der Waals surface area contributed by atoms with Crippen LogP contribution in [0.3, 0.4) is 0 Å². The summed E-state index contributed by atoms with van der Waals surface area (Å²) in [5.74, 6) is -0.0565. The van der Waals surface area contributed by atoms with Gasteiger partial charge in [0.25, 0.3) is 5.91 Å². The molecule has 94 valence electrons. The Morgan fingerprint density at radius 1 is 1.59 bits per heavy atom. The van der Waals surface area contributed by atoms with E-state index in [0.717, 1.165) is 21.7 Å². The molecular weight excluding hydrogens is 416 g/mol. The van der Waals surface area contributed by atoms with Crippen LogP contribution < -0.4 is 5.32 Å². The predicted molar refractivity (Wildman–Crippen MR) is 84.1 cm³/mol. The second kappa shape index (κ2) is 7.59. The predicted octanol–water partition coefficient (Wildman–Crippen LogP) is 4.24. The van der Waals surface area contributed by atoms with E-state index in [1.54, 1.807) is 12.1 Å². The molecule has 1 aromatic rings. The van der Waals surface area contributed by atoms with Gasteiger partial charge in [0.15, 0.2) is 0 Å². The molecule has 0 aliphatic heterocycles. The van der Waals surface area contributed by atoms with E-state index in [1.165, 1.54) is 0 Å². The lowest BCUT2D eigenvalue weighted by molar-refractivity contribution is 0.0937. The summed E-state index contributed by atoms with van der Waals surface area (Å²) < 4.78 is 0.914. The normalized spacial score (nSPS) is 12.2. The number of halogens is 3. The molecule has 0 heterocycles. The van der Waals surface area contributed by atoms with Crippen LogP contribution in [-0.2, 0) is 0 Å². The maximum absolute atomic E-state index is 12.0. The van der Waals surface area contributed by atoms with E-state index in [0.29, 0.717) is 10.6 Å². The Kier molecular flexibility index (Phi) is 6.80. The van der Waals surface area contributed by atoms with Gasteiger partial charge in [-0.3, -0.25) is 4.79 Å². The minimum Gasteiger partial charge on any atom is -0.350 e. The molecule has 5 heteroatoms. The highest BCUT2D eigenvalue weighted by molar-refractivity contribution is 14.1. The Labute approximate surface area is 129 Å². The highest BCUT2D eigenvalue weighted by Gasteiger charge is 2.12. The lowest BCUT2D eigenvalue weighted by Gasteiger charge is -2.14. The first kappa shape index (κ1) is 15.2. The van der Waals surface area contributed by atoms with Crippen molar-refractivity contribution < 1.29 is 4.79 Å². The fourth-order valence-corrected chi connectivity index (χ4v) is 2.50. The Hall–Kier alpha value is 0.190. The molecule has 1 amide bonds. The van der Waals surface area contributed by atoms with Crippen LogP contribution >= 0.6 is 50.1 Å². The molecule has 0 fully saturated rings. The number of hydrogen-bond acceptors (Lipinski definition) is 1. The Morgan fingerprint density at radius 2 is 2.29 bits per heavy atom. The molecular formula is C12H14BrClINO. The van der Waals surface area contributed by atoms with E-state index >= 15 is 0 Å². The van der Waals surface area contributed by atoms with Gasteiger partial charge in [0.1, 0.15) is 0 Å². The van der Waals surface area contributed by atoms with Crippen LogP contribution in [0.4, 0.5) is 0 Å². The summed E-state index contributed by atoms with van der Waals surface area (Å²) in [6.45, 7) is 2.01. The van der Waals surface area contributed by atoms with Gasteiger partial charge in [-0.1, -0.05) is 27.5 Å². The van der Waals surface area contributed by atoms with Crippen molar-refractivity contribution in [3.63, 3.8) is 0 Å². The van der Waals surface area contributed by atoms with Crippen LogP contribution in [0.15, 0.2) is 18.2 Å². The second-order valence-electron chi connectivity index (χ2n) is 3.83. The number of rotatable bonds is 5. The fourth-order valence-electron chi connectivity index (χ4n) is 1.43. The highest BCUT2D eigenvalue weighted by Crippen LogP contribution is 2.18. The van der Waals surface area contributed by atoms with E-state index in [9.17, 15) is 4.79 Å². The first-order valence-corrected chi connectivity index (χ1v) is 7.94. The summed E-state index contributed by atoms with van der Waals surface area (Å²) in [5.41, 5.74) is 0.642. The van der Waals surface area contributed by atoms with Crippen LogP contribution in [0.25, 0.3) is 0 Å². The minimum atomic E-state index is -0.0565. The number of nitrogens with one attached hydrogen (secondary N) is 1. The summed E-state index contributed by atoms with van der Waals surface area (Å²) in [4.78, 5) is 12.0. The van der Waals surface area contributed by atoms with Crippen LogP contribution in [0.2, 0.25) is 5.02 Å². The zero-order chi connectivity index (χ0) is 12.8. The number of carbonyl (C=O) groups excluding carboxylic acids is 1. The van der Waals surface area contributed by atoms with Crippen molar-refractivity contribution in [2.75, 3.05) is 5.33 Å². The summed E-state index contributed by atoms with van der Waals surface area (Å²) in [6.07, 6.45) is 2.02. The van der Waals surface area contributed by atoms with Crippen molar-refractivity contribution in [1.82, 2.24) is 5.32 Å². The smallest absolute Gasteiger partial charge is 0.252 e. The maximum Gasteiger partial charge on any atom is 0.252 e. The topological polar surface area (TPSA) is 29.1 Å². The summed E-state index contributed by atoms with van der Waals surface area (Å²) >= 11 is 11.4. The monoisotopic (exact) mass is 429 g/mol. The van der Waals surface area contributed by atoms with Gasteiger partial charge < -0.3 is 5.32 Å². The van der Waals surface area contributed by atoms with Crippen molar-refractivity contribution in [2.24, 2.45) is 0 Å². The molecule has 1 aromatic carbocycles. The Morgan fingerprint density at radius 3 is 2.94 bits per heavy atom. The average molecular weight is 431 g/mol. The van der Waals surface area contributed by atoms with Crippen LogP contribution in [-0.4, -0.2) is 17.3 Å². The van der Waals surface area contributed by atoms with E-state index < -0.39 is 0 Å². The van der Waals surface area contributed by atoms with Crippen molar-refractivity contribution >= 4 is 56.0 Å². The zero-order valence-electron chi connectivity index (χ0n) is 9.47. The molecule has 1 atom stereocenters. The molecule has 0 radical (unpaired) electrons. The first-order chi connectivity index (χ1) is 8.04. The molecule has 0 aliphatic rings. The van der Waals surface area contributed by atoms with E-state index in [4.69, 9.17) is 11.6 Å². The lowest BCUT2D eigenvalue weighted by Crippen LogP contribution is -2.33. The summed E-state index contributed by atoms with van der Waals surface area (Å²) in [5, 5.41) is 4.52. The summed E-state index contributed by atoms with van der Waals surface area (Å²) in [7, 11) is 0. The standard InChI is InChI=1S/C12H14BrClINO/c1-8(3-2-6-13)16-12(17)10-7-9(14)4-5-11(10)15/h4-5,7-8H,2-3,6H2,1H3,(H,16,17). The first-order valence-electron chi connectivity index (χ1n) is 5.36. The molecule has 1 unspecified atom stereocenters. The molecule has 17 heavy (non-hydrogen) atoms. The number of benzene rings is 1. The Bertz CT molecular complexity index is 400. The van der Waals surface area contributed by atoms with Crippen LogP contribution in [0.5, 0.6) is 0 Å². The molecule has 0 saturated carbocycles. The third kappa shape index (κ3) is 5.14. The SMILES string of the molecule is CC(CCCBr)NC(=O)c1cc(Cl)ccc1I. The third-order valence-electron chi connectivity index (χ3n) is 2.32. The lowest BCUT2D eigenvalue weighted by atomic mass is 10.1. The van der Waals surface area contributed by atoms with Crippen LogP contribution in [0, 0.1) is 3.57 Å². The van der Waals surface area contributed by atoms with Gasteiger partial charge in [-0.25, -0.2) is 0 Å². The zero-order valence-corrected chi connectivity index (χ0v) is 14.0. The molecule has 2 nitrogen and oxygen atoms in total. The molecule has 0 bridgehead atoms. The van der Waals surface area contributed by atoms with Gasteiger partial charge in [0, 0.05) is 20.0 Å². The highest BCUT2D eigenvalue weighted by atomic mass is 127. The molecule has 0 saturated heterocycles. The third-order valence-corrected chi connectivity index (χ3v) is 4.06. The van der Waals surface area contributed by atoms with Crippen LogP contribution in [0.1, 0.15) is 30.1 Å². The van der Waals surface area contributed by atoms with Crippen molar-refractivity contribution in [2.45, 2.75) is 25.8 Å². The molecule has 0 aliphatic carbocycles. The van der Waals surface area contributed by atoms with Gasteiger partial charge in [-0.2, -0.15) is 0 Å². The second-order valence-corrected chi connectivity index (χ2v) is 6.22. The average Bonchev–Trinajstić information content (AvgIpc) is 2.29. The number of amides is 1. The van der Waals surface area contributed by atoms with Gasteiger partial charge in [0.05, 0.1) is 5.56 Å². The van der Waals surface area contributed by atoms with E-state index in [1.807, 2.05) is 13.0 Å². The minimum absolute atomic E-state index is 0.0565. The quantitative estimate of drug-likeness (QED) is 0.550. The van der Waals surface area contributed by atoms with Gasteiger partial charge in [-0.15, -0.1) is 0 Å². The molecule has 1 rings (SSSR count). The van der Waals surface area contributed by atoms with E-state index in [2.05, 4.69) is 43.8 Å².